The van der Waals surface area contributed by atoms with Gasteiger partial charge in [-0.15, -0.1) is 0 Å². The second kappa shape index (κ2) is 13.6. The summed E-state index contributed by atoms with van der Waals surface area (Å²) in [6.45, 7) is 6.14. The van der Waals surface area contributed by atoms with Gasteiger partial charge in [-0.3, -0.25) is 19.4 Å². The largest absolute Gasteiger partial charge is 0.496 e. The van der Waals surface area contributed by atoms with E-state index < -0.39 is 23.5 Å². The van der Waals surface area contributed by atoms with Gasteiger partial charge in [-0.25, -0.2) is 0 Å². The number of carbonyl (C=O) groups excluding carboxylic acids is 3. The summed E-state index contributed by atoms with van der Waals surface area (Å²) < 4.78 is 5.47. The smallest absolute Gasteiger partial charge is 0.243 e. The van der Waals surface area contributed by atoms with Crippen LogP contribution in [-0.4, -0.2) is 53.2 Å². The zero-order valence-corrected chi connectivity index (χ0v) is 25.0. The molecule has 2 amide bonds. The molecule has 0 radical (unpaired) electrons. The minimum absolute atomic E-state index is 0.0411. The molecule has 2 aromatic rings. The SMILES string of the molecule is COc1ccccc1C(N)CC(=O)N1CC(C2CCCCC2)C[C@H]1C(=O)N[C@@H](Cc1ccncc1)C(=O)C(C)(C)C. The molecule has 4 rings (SSSR count). The summed E-state index contributed by atoms with van der Waals surface area (Å²) in [6.07, 6.45) is 10.3. The number of nitrogens with one attached hydrogen (secondary N) is 1. The summed E-state index contributed by atoms with van der Waals surface area (Å²) in [5, 5.41) is 3.07. The molecule has 0 spiro atoms. The number of pyridine rings is 1. The van der Waals surface area contributed by atoms with E-state index in [0.717, 1.165) is 24.0 Å². The lowest BCUT2D eigenvalue weighted by Crippen LogP contribution is -2.53. The molecular formula is C33H46N4O4. The average molecular weight is 563 g/mol. The Morgan fingerprint density at radius 1 is 1.05 bits per heavy atom. The van der Waals surface area contributed by atoms with Crippen molar-refractivity contribution in [1.29, 1.82) is 0 Å². The van der Waals surface area contributed by atoms with Crippen molar-refractivity contribution in [3.63, 3.8) is 0 Å². The van der Waals surface area contributed by atoms with Crippen molar-refractivity contribution in [2.75, 3.05) is 13.7 Å². The topological polar surface area (TPSA) is 115 Å². The van der Waals surface area contributed by atoms with E-state index >= 15 is 0 Å². The number of hydrogen-bond acceptors (Lipinski definition) is 6. The van der Waals surface area contributed by atoms with Crippen LogP contribution in [0.4, 0.5) is 0 Å². The molecular weight excluding hydrogens is 516 g/mol. The number of nitrogens with two attached hydrogens (primary N) is 1. The summed E-state index contributed by atoms with van der Waals surface area (Å²) in [5.41, 5.74) is 7.56. The molecule has 3 N–H and O–H groups in total. The molecule has 4 atom stereocenters. The van der Waals surface area contributed by atoms with Gasteiger partial charge in [0.25, 0.3) is 0 Å². The number of ketones is 1. The Bertz CT molecular complexity index is 1190. The average Bonchev–Trinajstić information content (AvgIpc) is 3.43. The molecule has 1 saturated carbocycles. The number of aromatic nitrogens is 1. The lowest BCUT2D eigenvalue weighted by Gasteiger charge is -2.30. The molecule has 41 heavy (non-hydrogen) atoms. The van der Waals surface area contributed by atoms with Gasteiger partial charge in [0.2, 0.25) is 11.8 Å². The van der Waals surface area contributed by atoms with Gasteiger partial charge in [0.05, 0.1) is 13.2 Å². The first-order chi connectivity index (χ1) is 19.6. The highest BCUT2D eigenvalue weighted by atomic mass is 16.5. The van der Waals surface area contributed by atoms with E-state index in [1.54, 1.807) is 24.4 Å². The van der Waals surface area contributed by atoms with Crippen LogP contribution in [0, 0.1) is 17.3 Å². The molecule has 2 aliphatic rings. The van der Waals surface area contributed by atoms with Gasteiger partial charge in [0.1, 0.15) is 11.8 Å². The Hall–Kier alpha value is -3.26. The highest BCUT2D eigenvalue weighted by molar-refractivity contribution is 5.95. The molecule has 222 valence electrons. The fraction of sp³-hybridized carbons (Fsp3) is 0.576. The van der Waals surface area contributed by atoms with Gasteiger partial charge in [-0.2, -0.15) is 0 Å². The summed E-state index contributed by atoms with van der Waals surface area (Å²) in [6, 6.07) is 9.28. The fourth-order valence-electron chi connectivity index (χ4n) is 6.48. The third-order valence-corrected chi connectivity index (χ3v) is 8.77. The zero-order chi connectivity index (χ0) is 29.6. The Morgan fingerprint density at radius 2 is 1.73 bits per heavy atom. The predicted molar refractivity (Wildman–Crippen MR) is 159 cm³/mol. The third-order valence-electron chi connectivity index (χ3n) is 8.77. The molecule has 1 saturated heterocycles. The van der Waals surface area contributed by atoms with Crippen LogP contribution in [0.2, 0.25) is 0 Å². The van der Waals surface area contributed by atoms with E-state index in [0.29, 0.717) is 31.1 Å². The minimum Gasteiger partial charge on any atom is -0.496 e. The van der Waals surface area contributed by atoms with E-state index in [-0.39, 0.29) is 29.9 Å². The van der Waals surface area contributed by atoms with Crippen LogP contribution in [-0.2, 0) is 20.8 Å². The molecule has 2 heterocycles. The first kappa shape index (κ1) is 30.7. The molecule has 8 nitrogen and oxygen atoms in total. The predicted octanol–water partition coefficient (Wildman–Crippen LogP) is 4.62. The van der Waals surface area contributed by atoms with Gasteiger partial charge >= 0.3 is 0 Å². The summed E-state index contributed by atoms with van der Waals surface area (Å²) in [4.78, 5) is 47.0. The van der Waals surface area contributed by atoms with Crippen molar-refractivity contribution in [3.05, 3.63) is 59.9 Å². The van der Waals surface area contributed by atoms with Gasteiger partial charge < -0.3 is 20.7 Å². The monoisotopic (exact) mass is 562 g/mol. The fourth-order valence-corrected chi connectivity index (χ4v) is 6.48. The van der Waals surface area contributed by atoms with Crippen molar-refractivity contribution in [3.8, 4) is 5.75 Å². The summed E-state index contributed by atoms with van der Waals surface area (Å²) in [5.74, 6) is 0.954. The van der Waals surface area contributed by atoms with E-state index in [1.165, 1.54) is 19.3 Å². The van der Waals surface area contributed by atoms with Crippen LogP contribution >= 0.6 is 0 Å². The maximum Gasteiger partial charge on any atom is 0.243 e. The van der Waals surface area contributed by atoms with Crippen LogP contribution in [0.25, 0.3) is 0 Å². The summed E-state index contributed by atoms with van der Waals surface area (Å²) >= 11 is 0. The second-order valence-electron chi connectivity index (χ2n) is 12.7. The number of para-hydroxylation sites is 1. The lowest BCUT2D eigenvalue weighted by molar-refractivity contribution is -0.140. The van der Waals surface area contributed by atoms with Gasteiger partial charge in [0, 0.05) is 42.4 Å². The molecule has 0 bridgehead atoms. The number of nitrogens with zero attached hydrogens (tertiary/aromatic N) is 2. The molecule has 1 aromatic carbocycles. The third kappa shape index (κ3) is 7.73. The van der Waals surface area contributed by atoms with Gasteiger partial charge in [-0.1, -0.05) is 71.1 Å². The minimum atomic E-state index is -0.702. The van der Waals surface area contributed by atoms with Crippen molar-refractivity contribution in [1.82, 2.24) is 15.2 Å². The molecule has 8 heteroatoms. The number of likely N-dealkylation sites (tertiary alicyclic amines) is 1. The van der Waals surface area contributed by atoms with Crippen LogP contribution < -0.4 is 15.8 Å². The lowest BCUT2D eigenvalue weighted by atomic mass is 9.79. The van der Waals surface area contributed by atoms with Crippen LogP contribution in [0.3, 0.4) is 0 Å². The summed E-state index contributed by atoms with van der Waals surface area (Å²) in [7, 11) is 1.59. The highest BCUT2D eigenvalue weighted by Crippen LogP contribution is 2.38. The van der Waals surface area contributed by atoms with E-state index in [2.05, 4.69) is 10.3 Å². The van der Waals surface area contributed by atoms with Crippen molar-refractivity contribution in [2.24, 2.45) is 23.0 Å². The number of methoxy groups -OCH3 is 1. The Kier molecular flexibility index (Phi) is 10.2. The molecule has 2 fully saturated rings. The standard InChI is InChI=1S/C33H46N4O4/c1-33(2,3)31(39)27(18-22-14-16-35-17-15-22)36-32(40)28-19-24(23-10-6-5-7-11-23)21-37(28)30(38)20-26(34)25-12-8-9-13-29(25)41-4/h8-9,12-17,23-24,26-28H,5-7,10-11,18-21,34H2,1-4H3,(H,36,40)/t24?,26?,27-,28-/m0/s1. The van der Waals surface area contributed by atoms with Crippen molar-refractivity contribution < 1.29 is 19.1 Å². The van der Waals surface area contributed by atoms with Gasteiger partial charge in [0.15, 0.2) is 5.78 Å². The normalized spacial score (nSPS) is 21.2. The van der Waals surface area contributed by atoms with Crippen LogP contribution in [0.1, 0.15) is 82.9 Å². The number of Topliss-reactive ketones (excluding diaryl/α,β-unsaturated/α-hetero) is 1. The number of hydrogen-bond donors (Lipinski definition) is 2. The first-order valence-corrected chi connectivity index (χ1v) is 15.0. The van der Waals surface area contributed by atoms with E-state index in [9.17, 15) is 14.4 Å². The number of rotatable bonds is 10. The Morgan fingerprint density at radius 3 is 2.39 bits per heavy atom. The molecule has 2 unspecified atom stereocenters. The number of benzene rings is 1. The van der Waals surface area contributed by atoms with Gasteiger partial charge in [-0.05, 0) is 48.4 Å². The van der Waals surface area contributed by atoms with Crippen LogP contribution in [0.5, 0.6) is 5.75 Å². The highest BCUT2D eigenvalue weighted by Gasteiger charge is 2.44. The van der Waals surface area contributed by atoms with Crippen molar-refractivity contribution in [2.45, 2.75) is 90.3 Å². The maximum absolute atomic E-state index is 14.0. The molecule has 1 aliphatic heterocycles. The molecule has 1 aromatic heterocycles. The van der Waals surface area contributed by atoms with E-state index in [1.807, 2.05) is 57.2 Å². The quantitative estimate of drug-likeness (QED) is 0.437. The Labute approximate surface area is 244 Å². The second-order valence-corrected chi connectivity index (χ2v) is 12.7. The first-order valence-electron chi connectivity index (χ1n) is 15.0. The zero-order valence-electron chi connectivity index (χ0n) is 25.0. The maximum atomic E-state index is 14.0. The Balaban J connectivity index is 1.55. The number of ether oxygens (including phenoxy) is 1. The van der Waals surface area contributed by atoms with Crippen molar-refractivity contribution >= 4 is 17.6 Å². The van der Waals surface area contributed by atoms with Crippen LogP contribution in [0.15, 0.2) is 48.8 Å². The van der Waals surface area contributed by atoms with E-state index in [4.69, 9.17) is 10.5 Å². The number of amides is 2. The molecule has 1 aliphatic carbocycles. The number of carbonyl (C=O) groups is 3.